The van der Waals surface area contributed by atoms with Crippen LogP contribution in [0.1, 0.15) is 11.4 Å². The van der Waals surface area contributed by atoms with Crippen LogP contribution in [0.2, 0.25) is 0 Å². The summed E-state index contributed by atoms with van der Waals surface area (Å²) in [6.07, 6.45) is -0.714. The van der Waals surface area contributed by atoms with Crippen LogP contribution in [-0.2, 0) is 6.54 Å². The molecule has 8 nitrogen and oxygen atoms in total. The van der Waals surface area contributed by atoms with E-state index in [4.69, 9.17) is 5.11 Å². The molecular weight excluding hydrogens is 240 g/mol. The maximum absolute atomic E-state index is 10.8. The molecule has 0 aliphatic rings. The smallest absolute Gasteiger partial charge is 0.312 e. The lowest BCUT2D eigenvalue weighted by Crippen LogP contribution is -2.32. The van der Waals surface area contributed by atoms with E-state index in [1.807, 2.05) is 0 Å². The first-order valence-corrected chi connectivity index (χ1v) is 5.65. The molecule has 1 atom stereocenters. The molecule has 1 heterocycles. The Morgan fingerprint density at radius 3 is 2.72 bits per heavy atom. The van der Waals surface area contributed by atoms with Gasteiger partial charge < -0.3 is 15.5 Å². The van der Waals surface area contributed by atoms with E-state index in [1.54, 1.807) is 13.8 Å². The molecule has 0 radical (unpaired) electrons. The summed E-state index contributed by atoms with van der Waals surface area (Å²) >= 11 is 0. The van der Waals surface area contributed by atoms with Crippen molar-refractivity contribution in [3.63, 3.8) is 0 Å². The van der Waals surface area contributed by atoms with E-state index in [2.05, 4.69) is 10.4 Å². The Bertz CT molecular complexity index is 418. The van der Waals surface area contributed by atoms with Gasteiger partial charge in [-0.1, -0.05) is 0 Å². The van der Waals surface area contributed by atoms with Crippen LogP contribution in [0.3, 0.4) is 0 Å². The topological polar surface area (TPSA) is 113 Å². The normalized spacial score (nSPS) is 12.7. The highest BCUT2D eigenvalue weighted by Crippen LogP contribution is 2.21. The van der Waals surface area contributed by atoms with Gasteiger partial charge in [0.25, 0.3) is 0 Å². The summed E-state index contributed by atoms with van der Waals surface area (Å²) in [5.41, 5.74) is 0.761. The zero-order valence-corrected chi connectivity index (χ0v) is 10.5. The first-order valence-electron chi connectivity index (χ1n) is 5.65. The van der Waals surface area contributed by atoms with Gasteiger partial charge in [-0.05, 0) is 13.8 Å². The standard InChI is InChI=1S/C10H18N4O4/c1-7-10(14(17)18)8(2)13(12-7)6-9(16)5-11-3-4-15/h9,11,15-16H,3-6H2,1-2H3. The van der Waals surface area contributed by atoms with E-state index in [-0.39, 0.29) is 18.8 Å². The zero-order valence-electron chi connectivity index (χ0n) is 10.5. The monoisotopic (exact) mass is 258 g/mol. The number of aryl methyl sites for hydroxylation is 1. The number of hydrogen-bond donors (Lipinski definition) is 3. The van der Waals surface area contributed by atoms with E-state index < -0.39 is 11.0 Å². The second-order valence-corrected chi connectivity index (χ2v) is 4.04. The van der Waals surface area contributed by atoms with Gasteiger partial charge in [0.15, 0.2) is 0 Å². The Kier molecular flexibility index (Phi) is 5.20. The molecule has 1 aromatic heterocycles. The Morgan fingerprint density at radius 2 is 2.22 bits per heavy atom. The molecule has 0 aromatic carbocycles. The van der Waals surface area contributed by atoms with E-state index in [9.17, 15) is 15.2 Å². The summed E-state index contributed by atoms with van der Waals surface area (Å²) in [7, 11) is 0. The van der Waals surface area contributed by atoms with Crippen molar-refractivity contribution in [2.75, 3.05) is 19.7 Å². The predicted octanol–water partition coefficient (Wildman–Crippen LogP) is -0.649. The van der Waals surface area contributed by atoms with Crippen molar-refractivity contribution < 1.29 is 15.1 Å². The minimum absolute atomic E-state index is 0.00189. The number of nitrogens with one attached hydrogen (secondary N) is 1. The average molecular weight is 258 g/mol. The summed E-state index contributed by atoms with van der Waals surface area (Å²) in [5.74, 6) is 0. The third-order valence-corrected chi connectivity index (χ3v) is 2.58. The number of aliphatic hydroxyl groups is 2. The maximum Gasteiger partial charge on any atom is 0.312 e. The molecule has 0 aliphatic heterocycles. The molecule has 1 unspecified atom stereocenters. The van der Waals surface area contributed by atoms with Gasteiger partial charge >= 0.3 is 5.69 Å². The number of nitrogens with zero attached hydrogens (tertiary/aromatic N) is 3. The Labute approximate surface area is 104 Å². The maximum atomic E-state index is 10.8. The van der Waals surface area contributed by atoms with Gasteiger partial charge in [-0.25, -0.2) is 0 Å². The summed E-state index contributed by atoms with van der Waals surface area (Å²) < 4.78 is 1.43. The number of aliphatic hydroxyl groups excluding tert-OH is 2. The first-order chi connectivity index (χ1) is 8.47. The molecule has 0 aliphatic carbocycles. The average Bonchev–Trinajstić information content (AvgIpc) is 2.54. The van der Waals surface area contributed by atoms with Crippen LogP contribution in [0.25, 0.3) is 0 Å². The van der Waals surface area contributed by atoms with Crippen molar-refractivity contribution >= 4 is 5.69 Å². The fourth-order valence-corrected chi connectivity index (χ4v) is 1.74. The fourth-order valence-electron chi connectivity index (χ4n) is 1.74. The summed E-state index contributed by atoms with van der Waals surface area (Å²) in [4.78, 5) is 10.3. The molecule has 8 heteroatoms. The fraction of sp³-hybridized carbons (Fsp3) is 0.700. The molecule has 18 heavy (non-hydrogen) atoms. The molecule has 1 rings (SSSR count). The van der Waals surface area contributed by atoms with E-state index in [0.717, 1.165) is 0 Å². The molecule has 0 fully saturated rings. The molecule has 3 N–H and O–H groups in total. The van der Waals surface area contributed by atoms with Crippen molar-refractivity contribution in [3.05, 3.63) is 21.5 Å². The van der Waals surface area contributed by atoms with Crippen molar-refractivity contribution in [2.24, 2.45) is 0 Å². The van der Waals surface area contributed by atoms with E-state index in [1.165, 1.54) is 4.68 Å². The quantitative estimate of drug-likeness (QED) is 0.340. The number of aromatic nitrogens is 2. The van der Waals surface area contributed by atoms with Crippen LogP contribution in [0.4, 0.5) is 5.69 Å². The minimum Gasteiger partial charge on any atom is -0.395 e. The minimum atomic E-state index is -0.714. The van der Waals surface area contributed by atoms with Gasteiger partial charge in [0.05, 0.1) is 24.2 Å². The van der Waals surface area contributed by atoms with E-state index in [0.29, 0.717) is 24.5 Å². The van der Waals surface area contributed by atoms with Crippen LogP contribution < -0.4 is 5.32 Å². The molecule has 1 aromatic rings. The molecule has 0 amide bonds. The van der Waals surface area contributed by atoms with Crippen LogP contribution in [0.5, 0.6) is 0 Å². The predicted molar refractivity (Wildman–Crippen MR) is 64.3 cm³/mol. The number of rotatable bonds is 7. The van der Waals surface area contributed by atoms with Crippen molar-refractivity contribution in [3.8, 4) is 0 Å². The highest BCUT2D eigenvalue weighted by Gasteiger charge is 2.22. The van der Waals surface area contributed by atoms with Crippen LogP contribution in [0.15, 0.2) is 0 Å². The summed E-state index contributed by atoms with van der Waals surface area (Å²) in [6.45, 7) is 4.04. The Balaban J connectivity index is 2.68. The molecule has 102 valence electrons. The Hall–Kier alpha value is -1.51. The van der Waals surface area contributed by atoms with Crippen molar-refractivity contribution in [1.29, 1.82) is 0 Å². The third kappa shape index (κ3) is 3.49. The SMILES string of the molecule is Cc1nn(CC(O)CNCCO)c(C)c1[N+](=O)[O-]. The Morgan fingerprint density at radius 1 is 1.56 bits per heavy atom. The third-order valence-electron chi connectivity index (χ3n) is 2.58. The lowest BCUT2D eigenvalue weighted by atomic mass is 10.3. The van der Waals surface area contributed by atoms with Gasteiger partial charge in [0, 0.05) is 13.1 Å². The molecular formula is C10H18N4O4. The second kappa shape index (κ2) is 6.43. The zero-order chi connectivity index (χ0) is 13.7. The molecule has 0 spiro atoms. The van der Waals surface area contributed by atoms with Gasteiger partial charge in [-0.15, -0.1) is 0 Å². The largest absolute Gasteiger partial charge is 0.395 e. The number of nitro groups is 1. The van der Waals surface area contributed by atoms with Crippen LogP contribution >= 0.6 is 0 Å². The van der Waals surface area contributed by atoms with Crippen LogP contribution in [0, 0.1) is 24.0 Å². The highest BCUT2D eigenvalue weighted by molar-refractivity contribution is 5.39. The first kappa shape index (κ1) is 14.6. The van der Waals surface area contributed by atoms with Gasteiger partial charge in [0.2, 0.25) is 0 Å². The lowest BCUT2D eigenvalue weighted by Gasteiger charge is -2.12. The molecule has 0 bridgehead atoms. The summed E-state index contributed by atoms with van der Waals surface area (Å²) in [6, 6.07) is 0. The summed E-state index contributed by atoms with van der Waals surface area (Å²) in [5, 5.41) is 36.0. The molecule has 0 saturated carbocycles. The van der Waals surface area contributed by atoms with Gasteiger partial charge in [-0.3, -0.25) is 14.8 Å². The second-order valence-electron chi connectivity index (χ2n) is 4.04. The molecule has 0 saturated heterocycles. The lowest BCUT2D eigenvalue weighted by molar-refractivity contribution is -0.386. The number of hydrogen-bond acceptors (Lipinski definition) is 6. The van der Waals surface area contributed by atoms with Gasteiger partial charge in [0.1, 0.15) is 11.4 Å². The van der Waals surface area contributed by atoms with Crippen molar-refractivity contribution in [1.82, 2.24) is 15.1 Å². The van der Waals surface area contributed by atoms with Crippen LogP contribution in [-0.4, -0.2) is 50.7 Å². The van der Waals surface area contributed by atoms with E-state index >= 15 is 0 Å². The van der Waals surface area contributed by atoms with Gasteiger partial charge in [-0.2, -0.15) is 5.10 Å². The highest BCUT2D eigenvalue weighted by atomic mass is 16.6. The van der Waals surface area contributed by atoms with Crippen molar-refractivity contribution in [2.45, 2.75) is 26.5 Å².